The standard InChI is InChI=1S/C11H16N2O5S2/c1-7-10(19-11(15)12-7)20(16,17)13-6-4-3-5-8(13)9(14)18-2/h8H,3-6H2,1-2H3,(H,12,15). The van der Waals surface area contributed by atoms with Crippen LogP contribution < -0.4 is 4.87 Å². The molecular weight excluding hydrogens is 304 g/mol. The lowest BCUT2D eigenvalue weighted by Crippen LogP contribution is -2.48. The van der Waals surface area contributed by atoms with Crippen LogP contribution in [0.1, 0.15) is 25.0 Å². The average Bonchev–Trinajstić information content (AvgIpc) is 2.77. The van der Waals surface area contributed by atoms with Crippen molar-refractivity contribution in [2.24, 2.45) is 0 Å². The van der Waals surface area contributed by atoms with E-state index in [0.29, 0.717) is 29.9 Å². The summed E-state index contributed by atoms with van der Waals surface area (Å²) in [6.45, 7) is 1.79. The Balaban J connectivity index is 2.43. The number of aromatic nitrogens is 1. The summed E-state index contributed by atoms with van der Waals surface area (Å²) in [6, 6.07) is -0.810. The number of piperidine rings is 1. The SMILES string of the molecule is COC(=O)C1CCCCN1S(=O)(=O)c1sc(=O)[nH]c1C. The predicted molar refractivity (Wildman–Crippen MR) is 73.2 cm³/mol. The molecular formula is C11H16N2O5S2. The van der Waals surface area contributed by atoms with Crippen LogP contribution in [0.3, 0.4) is 0 Å². The highest BCUT2D eigenvalue weighted by Gasteiger charge is 2.39. The summed E-state index contributed by atoms with van der Waals surface area (Å²) in [7, 11) is -2.62. The van der Waals surface area contributed by atoms with Crippen LogP contribution in [0.2, 0.25) is 0 Å². The lowest BCUT2D eigenvalue weighted by atomic mass is 10.1. The van der Waals surface area contributed by atoms with Crippen molar-refractivity contribution in [1.82, 2.24) is 9.29 Å². The maximum atomic E-state index is 12.6. The van der Waals surface area contributed by atoms with Crippen LogP contribution in [0.15, 0.2) is 9.00 Å². The Bertz CT molecular complexity index is 661. The number of nitrogens with zero attached hydrogens (tertiary/aromatic N) is 1. The summed E-state index contributed by atoms with van der Waals surface area (Å²) >= 11 is 0.643. The lowest BCUT2D eigenvalue weighted by Gasteiger charge is -2.32. The zero-order valence-electron chi connectivity index (χ0n) is 11.2. The fraction of sp³-hybridized carbons (Fsp3) is 0.636. The number of ether oxygens (including phenoxy) is 1. The molecule has 1 atom stereocenters. The molecule has 0 aliphatic carbocycles. The number of aryl methyl sites for hydroxylation is 1. The Morgan fingerprint density at radius 3 is 2.70 bits per heavy atom. The summed E-state index contributed by atoms with van der Waals surface area (Å²) in [6.07, 6.45) is 1.89. The van der Waals surface area contributed by atoms with Crippen LogP contribution >= 0.6 is 11.3 Å². The summed E-state index contributed by atoms with van der Waals surface area (Å²) in [5.41, 5.74) is 0.300. The van der Waals surface area contributed by atoms with Gasteiger partial charge in [0, 0.05) is 12.2 Å². The highest BCUT2D eigenvalue weighted by molar-refractivity contribution is 7.91. The minimum atomic E-state index is -3.86. The quantitative estimate of drug-likeness (QED) is 0.816. The van der Waals surface area contributed by atoms with Crippen LogP contribution in [0.25, 0.3) is 0 Å². The van der Waals surface area contributed by atoms with Gasteiger partial charge < -0.3 is 9.72 Å². The molecule has 1 saturated heterocycles. The molecule has 1 unspecified atom stereocenters. The third kappa shape index (κ3) is 2.65. The molecule has 0 bridgehead atoms. The van der Waals surface area contributed by atoms with E-state index < -0.39 is 26.9 Å². The molecule has 1 aliphatic heterocycles. The minimum absolute atomic E-state index is 0.0293. The van der Waals surface area contributed by atoms with Crippen LogP contribution in [-0.4, -0.2) is 43.4 Å². The molecule has 112 valence electrons. The fourth-order valence-electron chi connectivity index (χ4n) is 2.31. The maximum absolute atomic E-state index is 12.6. The number of aromatic amines is 1. The van der Waals surface area contributed by atoms with E-state index in [1.165, 1.54) is 14.0 Å². The van der Waals surface area contributed by atoms with Crippen molar-refractivity contribution in [2.75, 3.05) is 13.7 Å². The van der Waals surface area contributed by atoms with Gasteiger partial charge in [0.1, 0.15) is 6.04 Å². The maximum Gasteiger partial charge on any atom is 0.324 e. The van der Waals surface area contributed by atoms with E-state index in [2.05, 4.69) is 9.72 Å². The summed E-state index contributed by atoms with van der Waals surface area (Å²) in [5.74, 6) is -0.561. The number of nitrogens with one attached hydrogen (secondary N) is 1. The van der Waals surface area contributed by atoms with Crippen LogP contribution in [0.5, 0.6) is 0 Å². The van der Waals surface area contributed by atoms with Gasteiger partial charge in [-0.2, -0.15) is 4.31 Å². The number of carbonyl (C=O) groups excluding carboxylic acids is 1. The fourth-order valence-corrected chi connectivity index (χ4v) is 5.37. The molecule has 1 N–H and O–H groups in total. The first-order valence-corrected chi connectivity index (χ1v) is 8.43. The Kier molecular flexibility index (Phi) is 4.31. The molecule has 0 spiro atoms. The second-order valence-corrected chi connectivity index (χ2v) is 7.65. The van der Waals surface area contributed by atoms with Gasteiger partial charge in [0.2, 0.25) is 0 Å². The van der Waals surface area contributed by atoms with Crippen molar-refractivity contribution in [3.05, 3.63) is 15.4 Å². The van der Waals surface area contributed by atoms with Crippen LogP contribution in [0.4, 0.5) is 0 Å². The van der Waals surface area contributed by atoms with Crippen molar-refractivity contribution in [3.8, 4) is 0 Å². The first-order chi connectivity index (χ1) is 9.37. The molecule has 0 saturated carbocycles. The van der Waals surface area contributed by atoms with Crippen molar-refractivity contribution in [2.45, 2.75) is 36.4 Å². The van der Waals surface area contributed by atoms with E-state index in [1.54, 1.807) is 0 Å². The van der Waals surface area contributed by atoms with Crippen molar-refractivity contribution in [3.63, 3.8) is 0 Å². The van der Waals surface area contributed by atoms with Crippen molar-refractivity contribution >= 4 is 27.3 Å². The zero-order valence-corrected chi connectivity index (χ0v) is 12.8. The predicted octanol–water partition coefficient (Wildman–Crippen LogP) is 0.461. The van der Waals surface area contributed by atoms with E-state index in [0.717, 1.165) is 10.7 Å². The van der Waals surface area contributed by atoms with Crippen LogP contribution in [-0.2, 0) is 19.6 Å². The zero-order chi connectivity index (χ0) is 14.9. The number of rotatable bonds is 3. The number of thiazole rings is 1. The van der Waals surface area contributed by atoms with E-state index in [1.807, 2.05) is 0 Å². The smallest absolute Gasteiger partial charge is 0.324 e. The highest BCUT2D eigenvalue weighted by Crippen LogP contribution is 2.28. The molecule has 1 fully saturated rings. The molecule has 0 radical (unpaired) electrons. The number of methoxy groups -OCH3 is 1. The second-order valence-electron chi connectivity index (χ2n) is 4.58. The van der Waals surface area contributed by atoms with Gasteiger partial charge in [-0.1, -0.05) is 11.3 Å². The van der Waals surface area contributed by atoms with E-state index in [-0.39, 0.29) is 10.8 Å². The van der Waals surface area contributed by atoms with E-state index >= 15 is 0 Å². The topological polar surface area (TPSA) is 96.5 Å². The summed E-state index contributed by atoms with van der Waals surface area (Å²) in [5, 5.41) is 0. The Labute approximate surface area is 120 Å². The minimum Gasteiger partial charge on any atom is -0.468 e. The number of hydrogen-bond acceptors (Lipinski definition) is 6. The lowest BCUT2D eigenvalue weighted by molar-refractivity contribution is -0.146. The molecule has 0 amide bonds. The van der Waals surface area contributed by atoms with Gasteiger partial charge in [0.25, 0.3) is 10.0 Å². The summed E-state index contributed by atoms with van der Waals surface area (Å²) in [4.78, 5) is 25.1. The molecule has 2 rings (SSSR count). The molecule has 0 aromatic carbocycles. The number of sulfonamides is 1. The summed E-state index contributed by atoms with van der Waals surface area (Å²) < 4.78 is 31.0. The molecule has 20 heavy (non-hydrogen) atoms. The Hall–Kier alpha value is -1.19. The number of carbonyl (C=O) groups is 1. The number of H-pyrrole nitrogens is 1. The van der Waals surface area contributed by atoms with Crippen LogP contribution in [0, 0.1) is 6.92 Å². The van der Waals surface area contributed by atoms with Gasteiger partial charge in [-0.05, 0) is 26.2 Å². The molecule has 2 heterocycles. The van der Waals surface area contributed by atoms with Gasteiger partial charge in [-0.3, -0.25) is 9.59 Å². The molecule has 1 aliphatic rings. The Morgan fingerprint density at radius 1 is 1.45 bits per heavy atom. The molecule has 1 aromatic rings. The average molecular weight is 320 g/mol. The van der Waals surface area contributed by atoms with Gasteiger partial charge in [0.15, 0.2) is 4.21 Å². The highest BCUT2D eigenvalue weighted by atomic mass is 32.2. The van der Waals surface area contributed by atoms with Gasteiger partial charge in [-0.15, -0.1) is 0 Å². The van der Waals surface area contributed by atoms with Gasteiger partial charge in [0.05, 0.1) is 7.11 Å². The molecule has 1 aromatic heterocycles. The monoisotopic (exact) mass is 320 g/mol. The Morgan fingerprint density at radius 2 is 2.15 bits per heavy atom. The van der Waals surface area contributed by atoms with Crippen molar-refractivity contribution < 1.29 is 17.9 Å². The largest absolute Gasteiger partial charge is 0.468 e. The molecule has 7 nitrogen and oxygen atoms in total. The van der Waals surface area contributed by atoms with E-state index in [4.69, 9.17) is 0 Å². The second kappa shape index (κ2) is 5.66. The van der Waals surface area contributed by atoms with E-state index in [9.17, 15) is 18.0 Å². The first kappa shape index (κ1) is 15.2. The first-order valence-electron chi connectivity index (χ1n) is 6.17. The van der Waals surface area contributed by atoms with Crippen molar-refractivity contribution in [1.29, 1.82) is 0 Å². The number of hydrogen-bond donors (Lipinski definition) is 1. The third-order valence-electron chi connectivity index (χ3n) is 3.25. The normalized spacial score (nSPS) is 20.8. The third-order valence-corrected chi connectivity index (χ3v) is 6.74. The van der Waals surface area contributed by atoms with Gasteiger partial charge >= 0.3 is 10.8 Å². The molecule has 9 heteroatoms. The van der Waals surface area contributed by atoms with Gasteiger partial charge in [-0.25, -0.2) is 8.42 Å². The number of esters is 1.